The number of nitrogens with zero attached hydrogens (tertiary/aromatic N) is 3. The number of pyridine rings is 1. The van der Waals surface area contributed by atoms with Crippen LogP contribution in [0.1, 0.15) is 23.3 Å². The zero-order valence-corrected chi connectivity index (χ0v) is 16.6. The third-order valence-electron chi connectivity index (χ3n) is 4.92. The lowest BCUT2D eigenvalue weighted by molar-refractivity contribution is -0.124. The predicted octanol–water partition coefficient (Wildman–Crippen LogP) is 3.40. The molecule has 6 nitrogen and oxygen atoms in total. The van der Waals surface area contributed by atoms with Gasteiger partial charge in [0.2, 0.25) is 0 Å². The molecule has 29 heavy (non-hydrogen) atoms. The Morgan fingerprint density at radius 2 is 2.10 bits per heavy atom. The van der Waals surface area contributed by atoms with E-state index in [1.807, 2.05) is 4.90 Å². The van der Waals surface area contributed by atoms with Gasteiger partial charge in [-0.1, -0.05) is 11.6 Å². The van der Waals surface area contributed by atoms with Crippen molar-refractivity contribution in [1.82, 2.24) is 9.88 Å². The van der Waals surface area contributed by atoms with Crippen molar-refractivity contribution in [2.45, 2.75) is 18.9 Å². The molecule has 2 aliphatic rings. The minimum Gasteiger partial charge on any atom is -0.337 e. The number of rotatable bonds is 3. The number of thiocarbonyl (C=S) groups is 1. The average Bonchev–Trinajstić information content (AvgIpc) is 3.00. The standard InChI is InChI=1S/C19H15ClF2N4O2S/c20-12-7-11(24-18(28)17-13(22)6-10(21)8-23-17)3-4-14(12)26-9-15-16(27)2-1-5-25(15)19(26)29/h3-4,6-8,15H,1-2,5,9H2,(H,24,28). The normalized spacial score (nSPS) is 18.8. The molecule has 1 N–H and O–H groups in total. The number of carbonyl (C=O) groups is 2. The molecule has 1 aromatic heterocycles. The van der Waals surface area contributed by atoms with Gasteiger partial charge in [-0.25, -0.2) is 13.8 Å². The summed E-state index contributed by atoms with van der Waals surface area (Å²) in [4.78, 5) is 31.6. The van der Waals surface area contributed by atoms with Crippen LogP contribution in [-0.2, 0) is 4.79 Å². The first-order valence-corrected chi connectivity index (χ1v) is 9.66. The Balaban J connectivity index is 1.53. The number of Topliss-reactive ketones (excluding diaryl/α,β-unsaturated/α-hetero) is 1. The number of piperidine rings is 1. The Kier molecular flexibility index (Phi) is 5.18. The fourth-order valence-corrected chi connectivity index (χ4v) is 4.21. The number of fused-ring (bicyclic) bond motifs is 1. The fraction of sp³-hybridized carbons (Fsp3) is 0.263. The fourth-order valence-electron chi connectivity index (χ4n) is 3.53. The van der Waals surface area contributed by atoms with Crippen LogP contribution in [0.25, 0.3) is 0 Å². The highest BCUT2D eigenvalue weighted by Crippen LogP contribution is 2.34. The van der Waals surface area contributed by atoms with Crippen molar-refractivity contribution in [2.24, 2.45) is 0 Å². The van der Waals surface area contributed by atoms with E-state index in [0.29, 0.717) is 40.5 Å². The van der Waals surface area contributed by atoms with Crippen LogP contribution in [-0.4, -0.2) is 45.8 Å². The molecule has 3 heterocycles. The summed E-state index contributed by atoms with van der Waals surface area (Å²) < 4.78 is 26.7. The predicted molar refractivity (Wildman–Crippen MR) is 108 cm³/mol. The van der Waals surface area contributed by atoms with E-state index in [1.165, 1.54) is 6.07 Å². The topological polar surface area (TPSA) is 65.5 Å². The molecule has 10 heteroatoms. The van der Waals surface area contributed by atoms with Crippen molar-refractivity contribution in [2.75, 3.05) is 23.3 Å². The van der Waals surface area contributed by atoms with Crippen LogP contribution in [0.2, 0.25) is 5.02 Å². The Bertz CT molecular complexity index is 1040. The minimum atomic E-state index is -1.06. The number of hydrogen-bond acceptors (Lipinski definition) is 4. The Hall–Kier alpha value is -2.65. The van der Waals surface area contributed by atoms with Crippen molar-refractivity contribution in [1.29, 1.82) is 0 Å². The Morgan fingerprint density at radius 3 is 2.79 bits per heavy atom. The first-order chi connectivity index (χ1) is 13.8. The zero-order valence-electron chi connectivity index (χ0n) is 15.0. The molecular formula is C19H15ClF2N4O2S. The van der Waals surface area contributed by atoms with Gasteiger partial charge in [0.15, 0.2) is 22.4 Å². The van der Waals surface area contributed by atoms with Crippen LogP contribution in [0.4, 0.5) is 20.2 Å². The largest absolute Gasteiger partial charge is 0.337 e. The van der Waals surface area contributed by atoms with Crippen LogP contribution in [0.5, 0.6) is 0 Å². The van der Waals surface area contributed by atoms with Crippen LogP contribution >= 0.6 is 23.8 Å². The van der Waals surface area contributed by atoms with Gasteiger partial charge in [0.05, 0.1) is 23.5 Å². The number of benzene rings is 1. The van der Waals surface area contributed by atoms with E-state index in [-0.39, 0.29) is 11.8 Å². The molecule has 0 spiro atoms. The van der Waals surface area contributed by atoms with Gasteiger partial charge in [-0.3, -0.25) is 9.59 Å². The molecule has 1 unspecified atom stereocenters. The van der Waals surface area contributed by atoms with Gasteiger partial charge in [-0.15, -0.1) is 0 Å². The molecule has 2 fully saturated rings. The van der Waals surface area contributed by atoms with Gasteiger partial charge in [0, 0.05) is 24.7 Å². The molecule has 0 bridgehead atoms. The molecule has 1 aromatic carbocycles. The third-order valence-corrected chi connectivity index (χ3v) is 5.68. The van der Waals surface area contributed by atoms with E-state index in [0.717, 1.165) is 19.2 Å². The van der Waals surface area contributed by atoms with Gasteiger partial charge >= 0.3 is 0 Å². The summed E-state index contributed by atoms with van der Waals surface area (Å²) in [6.07, 6.45) is 2.08. The van der Waals surface area contributed by atoms with Crippen molar-refractivity contribution in [3.05, 3.63) is 52.8 Å². The van der Waals surface area contributed by atoms with Gasteiger partial charge in [0.1, 0.15) is 11.9 Å². The highest BCUT2D eigenvalue weighted by molar-refractivity contribution is 7.80. The van der Waals surface area contributed by atoms with Crippen LogP contribution < -0.4 is 10.2 Å². The summed E-state index contributed by atoms with van der Waals surface area (Å²) in [5.41, 5.74) is 0.402. The number of halogens is 3. The second-order valence-corrected chi connectivity index (χ2v) is 7.55. The maximum atomic E-state index is 13.7. The van der Waals surface area contributed by atoms with E-state index < -0.39 is 23.2 Å². The lowest BCUT2D eigenvalue weighted by atomic mass is 10.0. The van der Waals surface area contributed by atoms with Gasteiger partial charge < -0.3 is 15.1 Å². The number of ketones is 1. The number of hydrogen-bond donors (Lipinski definition) is 1. The molecule has 2 aromatic rings. The lowest BCUT2D eigenvalue weighted by Crippen LogP contribution is -2.43. The summed E-state index contributed by atoms with van der Waals surface area (Å²) in [7, 11) is 0. The number of amides is 1. The minimum absolute atomic E-state index is 0.162. The smallest absolute Gasteiger partial charge is 0.277 e. The number of aromatic nitrogens is 1. The summed E-state index contributed by atoms with van der Waals surface area (Å²) in [5.74, 6) is -2.60. The quantitative estimate of drug-likeness (QED) is 0.744. The second kappa shape index (κ2) is 7.64. The Morgan fingerprint density at radius 1 is 1.31 bits per heavy atom. The molecule has 1 atom stereocenters. The lowest BCUT2D eigenvalue weighted by Gasteiger charge is -2.28. The van der Waals surface area contributed by atoms with E-state index in [4.69, 9.17) is 23.8 Å². The van der Waals surface area contributed by atoms with Gasteiger partial charge in [0.25, 0.3) is 5.91 Å². The molecule has 0 aliphatic carbocycles. The van der Waals surface area contributed by atoms with Gasteiger partial charge in [-0.2, -0.15) is 0 Å². The molecular weight excluding hydrogens is 422 g/mol. The summed E-state index contributed by atoms with van der Waals surface area (Å²) in [6.45, 7) is 1.15. The van der Waals surface area contributed by atoms with E-state index in [2.05, 4.69) is 10.3 Å². The molecule has 2 aliphatic heterocycles. The van der Waals surface area contributed by atoms with Crippen LogP contribution in [0.3, 0.4) is 0 Å². The highest BCUT2D eigenvalue weighted by Gasteiger charge is 2.41. The third kappa shape index (κ3) is 3.67. The van der Waals surface area contributed by atoms with E-state index >= 15 is 0 Å². The first kappa shape index (κ1) is 19.7. The number of carbonyl (C=O) groups excluding carboxylic acids is 2. The maximum absolute atomic E-state index is 13.7. The first-order valence-electron chi connectivity index (χ1n) is 8.88. The highest BCUT2D eigenvalue weighted by atomic mass is 35.5. The monoisotopic (exact) mass is 436 g/mol. The molecule has 0 radical (unpaired) electrons. The van der Waals surface area contributed by atoms with Crippen molar-refractivity contribution in [3.8, 4) is 0 Å². The molecule has 4 rings (SSSR count). The van der Waals surface area contributed by atoms with E-state index in [1.54, 1.807) is 17.0 Å². The summed E-state index contributed by atoms with van der Waals surface area (Å²) in [5, 5.41) is 3.33. The second-order valence-electron chi connectivity index (χ2n) is 6.78. The van der Waals surface area contributed by atoms with E-state index in [9.17, 15) is 18.4 Å². The SMILES string of the molecule is O=C(Nc1ccc(N2CC3C(=O)CCCN3C2=S)c(Cl)c1)c1ncc(F)cc1F. The Labute approximate surface area is 175 Å². The number of anilines is 2. The van der Waals surface area contributed by atoms with Crippen molar-refractivity contribution < 1.29 is 18.4 Å². The molecule has 0 saturated carbocycles. The van der Waals surface area contributed by atoms with Gasteiger partial charge in [-0.05, 0) is 36.8 Å². The summed E-state index contributed by atoms with van der Waals surface area (Å²) in [6, 6.07) is 5.07. The van der Waals surface area contributed by atoms with Crippen LogP contribution in [0, 0.1) is 11.6 Å². The van der Waals surface area contributed by atoms with Crippen LogP contribution in [0.15, 0.2) is 30.5 Å². The number of nitrogens with one attached hydrogen (secondary N) is 1. The van der Waals surface area contributed by atoms with Crippen molar-refractivity contribution in [3.63, 3.8) is 0 Å². The maximum Gasteiger partial charge on any atom is 0.277 e. The molecule has 1 amide bonds. The molecule has 2 saturated heterocycles. The molecule has 150 valence electrons. The average molecular weight is 437 g/mol. The zero-order chi connectivity index (χ0) is 20.7. The summed E-state index contributed by atoms with van der Waals surface area (Å²) >= 11 is 11.9. The van der Waals surface area contributed by atoms with Crippen molar-refractivity contribution >= 4 is 52.0 Å².